The van der Waals surface area contributed by atoms with Gasteiger partial charge >= 0.3 is 6.03 Å². The van der Waals surface area contributed by atoms with Crippen molar-refractivity contribution in [3.63, 3.8) is 0 Å². The zero-order valence-electron chi connectivity index (χ0n) is 12.6. The highest BCUT2D eigenvalue weighted by Crippen LogP contribution is 2.28. The van der Waals surface area contributed by atoms with Crippen molar-refractivity contribution in [1.82, 2.24) is 10.2 Å². The first-order valence-electron chi connectivity index (χ1n) is 7.17. The van der Waals surface area contributed by atoms with Gasteiger partial charge in [-0.25, -0.2) is 4.79 Å². The van der Waals surface area contributed by atoms with Gasteiger partial charge < -0.3 is 10.2 Å². The fraction of sp³-hybridized carbons (Fsp3) is 0.250. The van der Waals surface area contributed by atoms with E-state index in [0.717, 1.165) is 5.56 Å². The number of carbonyl (C=O) groups excluding carboxylic acids is 2. The number of hydrogen-bond acceptors (Lipinski definition) is 3. The maximum absolute atomic E-state index is 12.6. The number of carbonyl (C=O) groups is 2. The van der Waals surface area contributed by atoms with Crippen LogP contribution in [0.4, 0.5) is 10.5 Å². The second kappa shape index (κ2) is 6.60. The number of urea groups is 1. The first-order valence-corrected chi connectivity index (χ1v) is 8.50. The van der Waals surface area contributed by atoms with Gasteiger partial charge in [0.25, 0.3) is 5.91 Å². The first kappa shape index (κ1) is 15.8. The molecule has 0 saturated carbocycles. The highest BCUT2D eigenvalue weighted by molar-refractivity contribution is 7.07. The molecule has 0 aliphatic carbocycles. The Bertz CT molecular complexity index is 733. The van der Waals surface area contributed by atoms with Crippen molar-refractivity contribution in [1.29, 1.82) is 0 Å². The third kappa shape index (κ3) is 3.33. The van der Waals surface area contributed by atoms with Gasteiger partial charge in [-0.15, -0.1) is 0 Å². The van der Waals surface area contributed by atoms with Crippen LogP contribution in [0.15, 0.2) is 35.0 Å². The van der Waals surface area contributed by atoms with Gasteiger partial charge in [0, 0.05) is 32.2 Å². The summed E-state index contributed by atoms with van der Waals surface area (Å²) in [5.74, 6) is -0.103. The van der Waals surface area contributed by atoms with Gasteiger partial charge in [-0.1, -0.05) is 11.6 Å². The molecule has 1 saturated heterocycles. The van der Waals surface area contributed by atoms with E-state index in [9.17, 15) is 9.59 Å². The fourth-order valence-corrected chi connectivity index (χ4v) is 3.38. The number of nitrogens with zero attached hydrogens (tertiary/aromatic N) is 2. The average Bonchev–Trinajstić information content (AvgIpc) is 3.19. The normalized spacial score (nSPS) is 14.0. The molecule has 120 valence electrons. The van der Waals surface area contributed by atoms with Crippen molar-refractivity contribution in [3.8, 4) is 0 Å². The Labute approximate surface area is 143 Å². The van der Waals surface area contributed by atoms with Crippen LogP contribution in [-0.2, 0) is 6.54 Å². The van der Waals surface area contributed by atoms with E-state index >= 15 is 0 Å². The van der Waals surface area contributed by atoms with Crippen LogP contribution < -0.4 is 10.2 Å². The van der Waals surface area contributed by atoms with Gasteiger partial charge in [-0.2, -0.15) is 11.3 Å². The van der Waals surface area contributed by atoms with Gasteiger partial charge in [0.2, 0.25) is 0 Å². The molecule has 0 atom stereocenters. The van der Waals surface area contributed by atoms with E-state index < -0.39 is 0 Å². The maximum atomic E-state index is 12.6. The number of anilines is 1. The molecule has 1 aliphatic heterocycles. The van der Waals surface area contributed by atoms with Gasteiger partial charge in [-0.05, 0) is 40.6 Å². The predicted molar refractivity (Wildman–Crippen MR) is 92.3 cm³/mol. The average molecular weight is 350 g/mol. The van der Waals surface area contributed by atoms with E-state index in [1.54, 1.807) is 46.4 Å². The number of rotatable bonds is 4. The predicted octanol–water partition coefficient (Wildman–Crippen LogP) is 3.20. The van der Waals surface area contributed by atoms with E-state index in [2.05, 4.69) is 5.32 Å². The van der Waals surface area contributed by atoms with Crippen molar-refractivity contribution in [3.05, 3.63) is 51.2 Å². The molecule has 0 spiro atoms. The molecular formula is C16H16ClN3O2S. The molecule has 2 heterocycles. The van der Waals surface area contributed by atoms with Crippen LogP contribution in [0, 0.1) is 0 Å². The van der Waals surface area contributed by atoms with Crippen molar-refractivity contribution >= 4 is 40.6 Å². The molecule has 0 unspecified atom stereocenters. The van der Waals surface area contributed by atoms with Crippen LogP contribution in [0.5, 0.6) is 0 Å². The Morgan fingerprint density at radius 2 is 2.26 bits per heavy atom. The quantitative estimate of drug-likeness (QED) is 0.921. The van der Waals surface area contributed by atoms with Crippen LogP contribution in [0.3, 0.4) is 0 Å². The summed E-state index contributed by atoms with van der Waals surface area (Å²) in [6, 6.07) is 6.83. The SMILES string of the molecule is CN(Cc1ccsc1)C(=O)c1ccc(Cl)c(N2CCNC2=O)c1. The van der Waals surface area contributed by atoms with E-state index in [1.807, 2.05) is 16.8 Å². The van der Waals surface area contributed by atoms with Gasteiger partial charge in [0.15, 0.2) is 0 Å². The molecule has 1 N–H and O–H groups in total. The van der Waals surface area contributed by atoms with Crippen LogP contribution in [0.25, 0.3) is 0 Å². The lowest BCUT2D eigenvalue weighted by atomic mass is 10.1. The number of benzene rings is 1. The molecule has 3 rings (SSSR count). The van der Waals surface area contributed by atoms with Crippen LogP contribution in [0.1, 0.15) is 15.9 Å². The third-order valence-electron chi connectivity index (χ3n) is 3.69. The van der Waals surface area contributed by atoms with Crippen LogP contribution in [-0.4, -0.2) is 37.0 Å². The molecule has 7 heteroatoms. The van der Waals surface area contributed by atoms with E-state index in [4.69, 9.17) is 11.6 Å². The van der Waals surface area contributed by atoms with Crippen molar-refractivity contribution in [2.24, 2.45) is 0 Å². The minimum absolute atomic E-state index is 0.103. The third-order valence-corrected chi connectivity index (χ3v) is 4.74. The summed E-state index contributed by atoms with van der Waals surface area (Å²) in [6.07, 6.45) is 0. The van der Waals surface area contributed by atoms with E-state index in [-0.39, 0.29) is 11.9 Å². The fourth-order valence-electron chi connectivity index (χ4n) is 2.50. The summed E-state index contributed by atoms with van der Waals surface area (Å²) in [7, 11) is 1.76. The number of thiophene rings is 1. The second-order valence-corrected chi connectivity index (χ2v) is 6.53. The van der Waals surface area contributed by atoms with E-state index in [1.165, 1.54) is 0 Å². The largest absolute Gasteiger partial charge is 0.337 e. The molecule has 1 fully saturated rings. The molecule has 0 radical (unpaired) electrons. The monoisotopic (exact) mass is 349 g/mol. The Morgan fingerprint density at radius 1 is 1.43 bits per heavy atom. The Morgan fingerprint density at radius 3 is 2.91 bits per heavy atom. The lowest BCUT2D eigenvalue weighted by Gasteiger charge is -2.20. The Kier molecular flexibility index (Phi) is 4.54. The second-order valence-electron chi connectivity index (χ2n) is 5.34. The summed E-state index contributed by atoms with van der Waals surface area (Å²) in [4.78, 5) is 27.6. The van der Waals surface area contributed by atoms with Crippen molar-refractivity contribution in [2.45, 2.75) is 6.54 Å². The number of halogens is 1. The van der Waals surface area contributed by atoms with E-state index in [0.29, 0.717) is 35.9 Å². The Balaban J connectivity index is 1.82. The molecule has 1 aliphatic rings. The summed E-state index contributed by atoms with van der Waals surface area (Å²) in [6.45, 7) is 1.66. The lowest BCUT2D eigenvalue weighted by molar-refractivity contribution is 0.0785. The standard InChI is InChI=1S/C16H16ClN3O2S/c1-19(9-11-4-7-23-10-11)15(21)12-2-3-13(17)14(8-12)20-6-5-18-16(20)22/h2-4,7-8,10H,5-6,9H2,1H3,(H,18,22). The molecule has 1 aromatic heterocycles. The molecule has 5 nitrogen and oxygen atoms in total. The number of nitrogens with one attached hydrogen (secondary N) is 1. The summed E-state index contributed by atoms with van der Waals surface area (Å²) < 4.78 is 0. The van der Waals surface area contributed by atoms with Gasteiger partial charge in [0.05, 0.1) is 10.7 Å². The topological polar surface area (TPSA) is 52.7 Å². The molecular weight excluding hydrogens is 334 g/mol. The van der Waals surface area contributed by atoms with Crippen molar-refractivity contribution < 1.29 is 9.59 Å². The summed E-state index contributed by atoms with van der Waals surface area (Å²) >= 11 is 7.80. The minimum atomic E-state index is -0.192. The zero-order valence-corrected chi connectivity index (χ0v) is 14.2. The summed E-state index contributed by atoms with van der Waals surface area (Å²) in [5, 5.41) is 7.19. The van der Waals surface area contributed by atoms with Crippen LogP contribution >= 0.6 is 22.9 Å². The maximum Gasteiger partial charge on any atom is 0.322 e. The molecule has 2 aromatic rings. The molecule has 3 amide bonds. The zero-order chi connectivity index (χ0) is 16.4. The van der Waals surface area contributed by atoms with Crippen LogP contribution in [0.2, 0.25) is 5.02 Å². The highest BCUT2D eigenvalue weighted by Gasteiger charge is 2.24. The van der Waals surface area contributed by atoms with Gasteiger partial charge in [0.1, 0.15) is 0 Å². The number of amides is 3. The lowest BCUT2D eigenvalue weighted by Crippen LogP contribution is -2.29. The molecule has 23 heavy (non-hydrogen) atoms. The summed E-state index contributed by atoms with van der Waals surface area (Å²) in [5.41, 5.74) is 2.18. The Hall–Kier alpha value is -2.05. The first-order chi connectivity index (χ1) is 11.1. The minimum Gasteiger partial charge on any atom is -0.337 e. The molecule has 0 bridgehead atoms. The highest BCUT2D eigenvalue weighted by atomic mass is 35.5. The van der Waals surface area contributed by atoms with Crippen molar-refractivity contribution in [2.75, 3.05) is 25.0 Å². The number of hydrogen-bond donors (Lipinski definition) is 1. The van der Waals surface area contributed by atoms with Gasteiger partial charge in [-0.3, -0.25) is 9.69 Å². The smallest absolute Gasteiger partial charge is 0.322 e. The molecule has 1 aromatic carbocycles.